The maximum atomic E-state index is 11.7. The number of hydrogen-bond acceptors (Lipinski definition) is 4. The summed E-state index contributed by atoms with van der Waals surface area (Å²) < 4.78 is 10.0. The molecule has 0 aromatic heterocycles. The van der Waals surface area contributed by atoms with Crippen LogP contribution in [0.1, 0.15) is 71.6 Å². The van der Waals surface area contributed by atoms with Crippen molar-refractivity contribution >= 4 is 12.1 Å². The van der Waals surface area contributed by atoms with Crippen molar-refractivity contribution < 1.29 is 19.1 Å². The zero-order valence-corrected chi connectivity index (χ0v) is 14.8. The lowest BCUT2D eigenvalue weighted by molar-refractivity contribution is -0.145. The van der Waals surface area contributed by atoms with Gasteiger partial charge in [0, 0.05) is 0 Å². The molecule has 0 spiro atoms. The van der Waals surface area contributed by atoms with Crippen molar-refractivity contribution in [3.8, 4) is 0 Å². The van der Waals surface area contributed by atoms with Crippen LogP contribution in [0.3, 0.4) is 0 Å². The number of ether oxygens (including phenoxy) is 2. The van der Waals surface area contributed by atoms with Gasteiger partial charge >= 0.3 is 12.1 Å². The molecule has 0 saturated heterocycles. The molecule has 0 aliphatic rings. The summed E-state index contributed by atoms with van der Waals surface area (Å²) in [6.45, 7) is 7.97. The van der Waals surface area contributed by atoms with Crippen LogP contribution in [0, 0.1) is 0 Å². The van der Waals surface area contributed by atoms with Gasteiger partial charge in [-0.25, -0.2) is 9.59 Å². The van der Waals surface area contributed by atoms with Crippen LogP contribution in [0.25, 0.3) is 0 Å². The third-order valence-corrected chi connectivity index (χ3v) is 3.42. The van der Waals surface area contributed by atoms with Crippen molar-refractivity contribution in [2.24, 2.45) is 0 Å². The molecule has 0 fully saturated rings. The van der Waals surface area contributed by atoms with E-state index in [-0.39, 0.29) is 0 Å². The Kier molecular flexibility index (Phi) is 14.4. The van der Waals surface area contributed by atoms with Crippen molar-refractivity contribution in [2.75, 3.05) is 13.2 Å². The van der Waals surface area contributed by atoms with Crippen molar-refractivity contribution in [3.05, 3.63) is 12.7 Å². The second kappa shape index (κ2) is 15.4. The van der Waals surface area contributed by atoms with Gasteiger partial charge in [0.25, 0.3) is 0 Å². The van der Waals surface area contributed by atoms with Crippen LogP contribution >= 0.6 is 0 Å². The number of hydrogen-bond donors (Lipinski definition) is 1. The predicted molar refractivity (Wildman–Crippen MR) is 92.3 cm³/mol. The van der Waals surface area contributed by atoms with Gasteiger partial charge in [0.15, 0.2) is 0 Å². The van der Waals surface area contributed by atoms with Crippen molar-refractivity contribution in [1.82, 2.24) is 5.32 Å². The quantitative estimate of drug-likeness (QED) is 0.292. The number of esters is 1. The number of amides is 1. The Bertz CT molecular complexity index is 331. The zero-order valence-electron chi connectivity index (χ0n) is 14.8. The minimum atomic E-state index is -0.677. The van der Waals surface area contributed by atoms with E-state index in [1.165, 1.54) is 32.1 Å². The molecule has 0 radical (unpaired) electrons. The van der Waals surface area contributed by atoms with Gasteiger partial charge in [-0.15, -0.1) is 6.58 Å². The third-order valence-electron chi connectivity index (χ3n) is 3.42. The fourth-order valence-electron chi connectivity index (χ4n) is 2.04. The summed E-state index contributed by atoms with van der Waals surface area (Å²) in [5, 5.41) is 2.46. The predicted octanol–water partition coefficient (Wildman–Crippen LogP) is 4.36. The minimum Gasteiger partial charge on any atom is -0.464 e. The highest BCUT2D eigenvalue weighted by Gasteiger charge is 2.17. The molecule has 0 aromatic carbocycles. The molecular formula is C18H33NO4. The first-order valence-electron chi connectivity index (χ1n) is 8.82. The highest BCUT2D eigenvalue weighted by Crippen LogP contribution is 2.08. The van der Waals surface area contributed by atoms with E-state index < -0.39 is 18.1 Å². The Balaban J connectivity index is 3.48. The molecular weight excluding hydrogens is 294 g/mol. The van der Waals surface area contributed by atoms with Gasteiger partial charge in [-0.2, -0.15) is 0 Å². The molecule has 23 heavy (non-hydrogen) atoms. The van der Waals surface area contributed by atoms with Gasteiger partial charge in [0.1, 0.15) is 6.04 Å². The Morgan fingerprint density at radius 3 is 2.22 bits per heavy atom. The van der Waals surface area contributed by atoms with E-state index >= 15 is 0 Å². The smallest absolute Gasteiger partial charge is 0.407 e. The van der Waals surface area contributed by atoms with Gasteiger partial charge in [-0.05, 0) is 32.6 Å². The van der Waals surface area contributed by atoms with Gasteiger partial charge in [-0.1, -0.05) is 45.1 Å². The monoisotopic (exact) mass is 327 g/mol. The van der Waals surface area contributed by atoms with Crippen LogP contribution in [0.2, 0.25) is 0 Å². The van der Waals surface area contributed by atoms with E-state index in [0.717, 1.165) is 25.7 Å². The molecule has 0 aliphatic heterocycles. The Labute approximate surface area is 140 Å². The van der Waals surface area contributed by atoms with Gasteiger partial charge in [0.2, 0.25) is 0 Å². The first-order chi connectivity index (χ1) is 11.1. The molecule has 0 rings (SSSR count). The fourth-order valence-corrected chi connectivity index (χ4v) is 2.04. The highest BCUT2D eigenvalue weighted by molar-refractivity contribution is 5.80. The molecule has 134 valence electrons. The van der Waals surface area contributed by atoms with Crippen molar-refractivity contribution in [3.63, 3.8) is 0 Å². The summed E-state index contributed by atoms with van der Waals surface area (Å²) in [6.07, 6.45) is 11.3. The maximum Gasteiger partial charge on any atom is 0.407 e. The SMILES string of the molecule is C=CCCCCCCCCCOC(=O)C(C)NC(=O)OCCC. The lowest BCUT2D eigenvalue weighted by Gasteiger charge is -2.13. The Hall–Kier alpha value is -1.52. The van der Waals surface area contributed by atoms with E-state index in [1.54, 1.807) is 6.92 Å². The number of alkyl carbamates (subject to hydrolysis) is 1. The van der Waals surface area contributed by atoms with Crippen LogP contribution in [0.15, 0.2) is 12.7 Å². The number of rotatable bonds is 14. The molecule has 1 N–H and O–H groups in total. The molecule has 1 amide bonds. The van der Waals surface area contributed by atoms with Crippen LogP contribution in [-0.4, -0.2) is 31.3 Å². The largest absolute Gasteiger partial charge is 0.464 e. The van der Waals surface area contributed by atoms with Gasteiger partial charge < -0.3 is 14.8 Å². The standard InChI is InChI=1S/C18H33NO4/c1-4-6-7-8-9-10-11-12-13-15-22-17(20)16(3)19-18(21)23-14-5-2/h4,16H,1,5-15H2,2-3H3,(H,19,21). The van der Waals surface area contributed by atoms with E-state index in [9.17, 15) is 9.59 Å². The second-order valence-corrected chi connectivity index (χ2v) is 5.72. The van der Waals surface area contributed by atoms with Gasteiger partial charge in [0.05, 0.1) is 13.2 Å². The van der Waals surface area contributed by atoms with Crippen molar-refractivity contribution in [2.45, 2.75) is 77.7 Å². The molecule has 1 atom stereocenters. The van der Waals surface area contributed by atoms with Crippen LogP contribution in [0.4, 0.5) is 4.79 Å². The van der Waals surface area contributed by atoms with E-state index in [4.69, 9.17) is 9.47 Å². The van der Waals surface area contributed by atoms with E-state index in [2.05, 4.69) is 11.9 Å². The number of carbonyl (C=O) groups excluding carboxylic acids is 2. The molecule has 0 saturated carbocycles. The third kappa shape index (κ3) is 13.8. The minimum absolute atomic E-state index is 0.348. The first kappa shape index (κ1) is 21.5. The summed E-state index contributed by atoms with van der Waals surface area (Å²) in [5.41, 5.74) is 0. The summed E-state index contributed by atoms with van der Waals surface area (Å²) in [5.74, 6) is -0.414. The first-order valence-corrected chi connectivity index (χ1v) is 8.82. The van der Waals surface area contributed by atoms with E-state index in [1.807, 2.05) is 13.0 Å². The fraction of sp³-hybridized carbons (Fsp3) is 0.778. The summed E-state index contributed by atoms with van der Waals surface area (Å²) in [7, 11) is 0. The molecule has 1 unspecified atom stereocenters. The maximum absolute atomic E-state index is 11.7. The number of nitrogens with one attached hydrogen (secondary N) is 1. The van der Waals surface area contributed by atoms with Gasteiger partial charge in [-0.3, -0.25) is 0 Å². The zero-order chi connectivity index (χ0) is 17.3. The topological polar surface area (TPSA) is 64.6 Å². The lowest BCUT2D eigenvalue weighted by atomic mass is 10.1. The van der Waals surface area contributed by atoms with Crippen LogP contribution in [0.5, 0.6) is 0 Å². The average Bonchev–Trinajstić information content (AvgIpc) is 2.54. The van der Waals surface area contributed by atoms with Crippen LogP contribution in [-0.2, 0) is 14.3 Å². The number of unbranched alkanes of at least 4 members (excludes halogenated alkanes) is 7. The molecule has 0 heterocycles. The summed E-state index contributed by atoms with van der Waals surface area (Å²) in [6, 6.07) is -0.677. The summed E-state index contributed by atoms with van der Waals surface area (Å²) in [4.78, 5) is 23.0. The number of allylic oxidation sites excluding steroid dienone is 1. The molecule has 0 aromatic rings. The highest BCUT2D eigenvalue weighted by atomic mass is 16.6. The lowest BCUT2D eigenvalue weighted by Crippen LogP contribution is -2.40. The van der Waals surface area contributed by atoms with Crippen molar-refractivity contribution in [1.29, 1.82) is 0 Å². The molecule has 0 bridgehead atoms. The molecule has 0 aliphatic carbocycles. The normalized spacial score (nSPS) is 11.6. The number of carbonyl (C=O) groups is 2. The van der Waals surface area contributed by atoms with Crippen LogP contribution < -0.4 is 5.32 Å². The average molecular weight is 327 g/mol. The Morgan fingerprint density at radius 1 is 1.00 bits per heavy atom. The van der Waals surface area contributed by atoms with E-state index in [0.29, 0.717) is 13.2 Å². The summed E-state index contributed by atoms with van der Waals surface area (Å²) >= 11 is 0. The Morgan fingerprint density at radius 2 is 1.61 bits per heavy atom. The molecule has 5 nitrogen and oxygen atoms in total. The molecule has 5 heteroatoms. The second-order valence-electron chi connectivity index (χ2n) is 5.72.